The van der Waals surface area contributed by atoms with Gasteiger partial charge in [-0.05, 0) is 25.8 Å². The molecule has 4 heteroatoms. The largest absolute Gasteiger partial charge is 0.481 e. The summed E-state index contributed by atoms with van der Waals surface area (Å²) in [7, 11) is 1.66. The summed E-state index contributed by atoms with van der Waals surface area (Å²) in [6.45, 7) is 3.37. The zero-order valence-electron chi connectivity index (χ0n) is 9.73. The minimum atomic E-state index is 0.529. The van der Waals surface area contributed by atoms with Gasteiger partial charge in [-0.15, -0.1) is 0 Å². The van der Waals surface area contributed by atoms with E-state index >= 15 is 0 Å². The van der Waals surface area contributed by atoms with Crippen molar-refractivity contribution < 1.29 is 4.74 Å². The van der Waals surface area contributed by atoms with E-state index in [1.165, 1.54) is 12.8 Å². The van der Waals surface area contributed by atoms with Crippen LogP contribution in [-0.2, 0) is 0 Å². The maximum absolute atomic E-state index is 5.19. The van der Waals surface area contributed by atoms with Crippen molar-refractivity contribution in [3.8, 4) is 5.88 Å². The first-order valence-corrected chi connectivity index (χ1v) is 5.88. The average molecular weight is 219 g/mol. The fourth-order valence-corrected chi connectivity index (χ4v) is 2.71. The average Bonchev–Trinajstić information content (AvgIpc) is 2.29. The van der Waals surface area contributed by atoms with Gasteiger partial charge >= 0.3 is 0 Å². The molecule has 3 heterocycles. The Morgan fingerprint density at radius 3 is 3.19 bits per heavy atom. The summed E-state index contributed by atoms with van der Waals surface area (Å²) in [6.07, 6.45) is 2.49. The van der Waals surface area contributed by atoms with Crippen molar-refractivity contribution in [2.45, 2.75) is 31.8 Å². The molecule has 1 aromatic heterocycles. The summed E-state index contributed by atoms with van der Waals surface area (Å²) < 4.78 is 5.19. The molecule has 2 atom stereocenters. The highest BCUT2D eigenvalue weighted by Crippen LogP contribution is 2.37. The summed E-state index contributed by atoms with van der Waals surface area (Å²) in [4.78, 5) is 6.94. The highest BCUT2D eigenvalue weighted by molar-refractivity contribution is 5.70. The topological polar surface area (TPSA) is 37.4 Å². The van der Waals surface area contributed by atoms with Gasteiger partial charge in [0.15, 0.2) is 5.82 Å². The summed E-state index contributed by atoms with van der Waals surface area (Å²) in [5.74, 6) is 1.74. The summed E-state index contributed by atoms with van der Waals surface area (Å²) >= 11 is 0. The fourth-order valence-electron chi connectivity index (χ4n) is 2.71. The molecular formula is C12H17N3O. The van der Waals surface area contributed by atoms with Crippen LogP contribution < -0.4 is 15.0 Å². The lowest BCUT2D eigenvalue weighted by molar-refractivity contribution is 0.391. The standard InChI is InChI=1S/C12H17N3O/c1-8-9-4-3-7-15(8)12-10(13-9)5-6-11(14-12)16-2/h5-6,8-9,13H,3-4,7H2,1-2H3. The maximum Gasteiger partial charge on any atom is 0.215 e. The fraction of sp³-hybridized carbons (Fsp3) is 0.583. The zero-order chi connectivity index (χ0) is 11.1. The van der Waals surface area contributed by atoms with Crippen LogP contribution in [0.4, 0.5) is 11.5 Å². The Morgan fingerprint density at radius 1 is 1.50 bits per heavy atom. The van der Waals surface area contributed by atoms with Gasteiger partial charge in [-0.1, -0.05) is 0 Å². The van der Waals surface area contributed by atoms with Crippen LogP contribution >= 0.6 is 0 Å². The lowest BCUT2D eigenvalue weighted by atomic mass is 9.94. The molecule has 0 aromatic carbocycles. The van der Waals surface area contributed by atoms with Crippen molar-refractivity contribution in [3.63, 3.8) is 0 Å². The predicted molar refractivity (Wildman–Crippen MR) is 64.2 cm³/mol. The predicted octanol–water partition coefficient (Wildman–Crippen LogP) is 1.87. The molecule has 0 saturated carbocycles. The van der Waals surface area contributed by atoms with Gasteiger partial charge in [-0.3, -0.25) is 0 Å². The Hall–Kier alpha value is -1.45. The third-order valence-corrected chi connectivity index (χ3v) is 3.66. The number of nitrogens with zero attached hydrogens (tertiary/aromatic N) is 2. The smallest absolute Gasteiger partial charge is 0.215 e. The highest BCUT2D eigenvalue weighted by Gasteiger charge is 2.34. The number of anilines is 2. The quantitative estimate of drug-likeness (QED) is 0.782. The first-order chi connectivity index (χ1) is 7.79. The van der Waals surface area contributed by atoms with Gasteiger partial charge in [0.2, 0.25) is 5.88 Å². The number of piperidine rings is 1. The van der Waals surface area contributed by atoms with Crippen LogP contribution in [0.25, 0.3) is 0 Å². The molecule has 2 aliphatic heterocycles. The molecule has 4 nitrogen and oxygen atoms in total. The lowest BCUT2D eigenvalue weighted by Crippen LogP contribution is -2.53. The number of ether oxygens (including phenoxy) is 1. The van der Waals surface area contributed by atoms with Gasteiger partial charge in [0.05, 0.1) is 12.8 Å². The molecule has 1 fully saturated rings. The van der Waals surface area contributed by atoms with E-state index in [2.05, 4.69) is 28.2 Å². The monoisotopic (exact) mass is 219 g/mol. The molecular weight excluding hydrogens is 202 g/mol. The highest BCUT2D eigenvalue weighted by atomic mass is 16.5. The van der Waals surface area contributed by atoms with E-state index in [9.17, 15) is 0 Å². The lowest BCUT2D eigenvalue weighted by Gasteiger charge is -2.45. The Morgan fingerprint density at radius 2 is 2.38 bits per heavy atom. The van der Waals surface area contributed by atoms with E-state index < -0.39 is 0 Å². The summed E-state index contributed by atoms with van der Waals surface area (Å²) in [5, 5.41) is 3.57. The number of hydrogen-bond donors (Lipinski definition) is 1. The third-order valence-electron chi connectivity index (χ3n) is 3.66. The van der Waals surface area contributed by atoms with E-state index in [1.807, 2.05) is 6.07 Å². The van der Waals surface area contributed by atoms with Gasteiger partial charge in [-0.25, -0.2) is 0 Å². The molecule has 86 valence electrons. The van der Waals surface area contributed by atoms with Gasteiger partial charge in [0, 0.05) is 24.7 Å². The molecule has 3 rings (SSSR count). The van der Waals surface area contributed by atoms with Crippen LogP contribution in [0.5, 0.6) is 5.88 Å². The summed E-state index contributed by atoms with van der Waals surface area (Å²) in [6, 6.07) is 5.08. The SMILES string of the molecule is COc1ccc2c(n1)N1CCCC(N2)C1C. The van der Waals surface area contributed by atoms with Crippen LogP contribution in [0, 0.1) is 0 Å². The maximum atomic E-state index is 5.19. The van der Waals surface area contributed by atoms with E-state index in [1.54, 1.807) is 7.11 Å². The Balaban J connectivity index is 2.05. The molecule has 1 N–H and O–H groups in total. The first kappa shape index (κ1) is 9.75. The second-order valence-electron chi connectivity index (χ2n) is 4.55. The number of nitrogens with one attached hydrogen (secondary N) is 1. The van der Waals surface area contributed by atoms with E-state index in [4.69, 9.17) is 4.74 Å². The molecule has 1 saturated heterocycles. The number of methoxy groups -OCH3 is 1. The molecule has 2 unspecified atom stereocenters. The van der Waals surface area contributed by atoms with Crippen molar-refractivity contribution in [2.24, 2.45) is 0 Å². The second-order valence-corrected chi connectivity index (χ2v) is 4.55. The van der Waals surface area contributed by atoms with Gasteiger partial charge in [0.25, 0.3) is 0 Å². The molecule has 0 aliphatic carbocycles. The molecule has 0 amide bonds. The van der Waals surface area contributed by atoms with Gasteiger partial charge < -0.3 is 15.0 Å². The Labute approximate surface area is 95.6 Å². The van der Waals surface area contributed by atoms with Gasteiger partial charge in [0.1, 0.15) is 0 Å². The van der Waals surface area contributed by atoms with Crippen LogP contribution in [0.2, 0.25) is 0 Å². The van der Waals surface area contributed by atoms with E-state index in [0.29, 0.717) is 18.0 Å². The van der Waals surface area contributed by atoms with Crippen molar-refractivity contribution in [1.82, 2.24) is 4.98 Å². The van der Waals surface area contributed by atoms with E-state index in [0.717, 1.165) is 18.1 Å². The minimum absolute atomic E-state index is 0.529. The van der Waals surface area contributed by atoms with Crippen LogP contribution in [0.3, 0.4) is 0 Å². The molecule has 16 heavy (non-hydrogen) atoms. The van der Waals surface area contributed by atoms with Crippen LogP contribution in [0.15, 0.2) is 12.1 Å². The molecule has 2 aliphatic rings. The normalized spacial score (nSPS) is 27.0. The van der Waals surface area contributed by atoms with E-state index in [-0.39, 0.29) is 0 Å². The minimum Gasteiger partial charge on any atom is -0.481 e. The summed E-state index contributed by atoms with van der Waals surface area (Å²) in [5.41, 5.74) is 1.14. The molecule has 0 spiro atoms. The van der Waals surface area contributed by atoms with Crippen LogP contribution in [0.1, 0.15) is 19.8 Å². The number of fused-ring (bicyclic) bond motifs is 4. The van der Waals surface area contributed by atoms with Crippen LogP contribution in [-0.4, -0.2) is 30.7 Å². The first-order valence-electron chi connectivity index (χ1n) is 5.88. The number of aromatic nitrogens is 1. The molecule has 0 radical (unpaired) electrons. The Kier molecular flexibility index (Phi) is 2.16. The van der Waals surface area contributed by atoms with Gasteiger partial charge in [-0.2, -0.15) is 4.98 Å². The number of pyridine rings is 1. The van der Waals surface area contributed by atoms with Crippen molar-refractivity contribution in [3.05, 3.63) is 12.1 Å². The van der Waals surface area contributed by atoms with Crippen molar-refractivity contribution in [2.75, 3.05) is 23.9 Å². The molecule has 1 aromatic rings. The zero-order valence-corrected chi connectivity index (χ0v) is 9.73. The molecule has 2 bridgehead atoms. The third kappa shape index (κ3) is 1.32. The second kappa shape index (κ2) is 3.54. The number of hydrogen-bond acceptors (Lipinski definition) is 4. The Bertz CT molecular complexity index is 407. The van der Waals surface area contributed by atoms with Crippen molar-refractivity contribution in [1.29, 1.82) is 0 Å². The number of rotatable bonds is 1. The van der Waals surface area contributed by atoms with Crippen molar-refractivity contribution >= 4 is 11.5 Å².